The van der Waals surface area contributed by atoms with E-state index in [1.807, 2.05) is 6.92 Å². The Morgan fingerprint density at radius 3 is 2.79 bits per heavy atom. The van der Waals surface area contributed by atoms with Crippen molar-refractivity contribution < 1.29 is 0 Å². The van der Waals surface area contributed by atoms with Crippen LogP contribution in [0.5, 0.6) is 0 Å². The number of nitrogens with zero attached hydrogens (tertiary/aromatic N) is 2. The highest BCUT2D eigenvalue weighted by molar-refractivity contribution is 5.16. The van der Waals surface area contributed by atoms with Gasteiger partial charge in [-0.1, -0.05) is 12.8 Å². The van der Waals surface area contributed by atoms with E-state index < -0.39 is 0 Å². The van der Waals surface area contributed by atoms with Crippen molar-refractivity contribution in [2.45, 2.75) is 26.3 Å². The highest BCUT2D eigenvalue weighted by Gasteiger charge is 2.07. The maximum Gasteiger partial charge on any atom is 0.113 e. The number of rotatable bonds is 4. The summed E-state index contributed by atoms with van der Waals surface area (Å²) in [5, 5.41) is 3.22. The van der Waals surface area contributed by atoms with Crippen LogP contribution in [0.15, 0.2) is 12.4 Å². The van der Waals surface area contributed by atoms with Crippen LogP contribution in [0.25, 0.3) is 0 Å². The molecule has 1 atom stereocenters. The first-order chi connectivity index (χ1) is 6.77. The molecule has 3 nitrogen and oxygen atoms in total. The molecule has 1 aromatic heterocycles. The van der Waals surface area contributed by atoms with E-state index in [0.717, 1.165) is 24.4 Å². The van der Waals surface area contributed by atoms with Crippen LogP contribution in [0.3, 0.4) is 0 Å². The molecule has 0 saturated carbocycles. The first-order valence-corrected chi connectivity index (χ1v) is 4.76. The predicted molar refractivity (Wildman–Crippen MR) is 56.6 cm³/mol. The molecule has 1 aromatic rings. The monoisotopic (exact) mass is 189 g/mol. The SMILES string of the molecule is C#CC(NCCC)c1cnc(C)cn1. The third-order valence-corrected chi connectivity index (χ3v) is 1.86. The Balaban J connectivity index is 2.70. The third kappa shape index (κ3) is 2.82. The lowest BCUT2D eigenvalue weighted by Gasteiger charge is -2.10. The lowest BCUT2D eigenvalue weighted by molar-refractivity contribution is 0.611. The Bertz CT molecular complexity index is 310. The summed E-state index contributed by atoms with van der Waals surface area (Å²) >= 11 is 0. The zero-order valence-electron chi connectivity index (χ0n) is 8.62. The van der Waals surface area contributed by atoms with Crippen LogP contribution < -0.4 is 5.32 Å². The molecular formula is C11H15N3. The van der Waals surface area contributed by atoms with Crippen LogP contribution in [0.1, 0.15) is 30.8 Å². The Morgan fingerprint density at radius 2 is 2.29 bits per heavy atom. The van der Waals surface area contributed by atoms with E-state index >= 15 is 0 Å². The summed E-state index contributed by atoms with van der Waals surface area (Å²) in [7, 11) is 0. The molecule has 0 spiro atoms. The van der Waals surface area contributed by atoms with Gasteiger partial charge in [0.15, 0.2) is 0 Å². The van der Waals surface area contributed by atoms with E-state index in [4.69, 9.17) is 6.42 Å². The van der Waals surface area contributed by atoms with Gasteiger partial charge in [-0.05, 0) is 19.9 Å². The van der Waals surface area contributed by atoms with E-state index in [1.54, 1.807) is 12.4 Å². The molecule has 1 rings (SSSR count). The molecule has 1 unspecified atom stereocenters. The summed E-state index contributed by atoms with van der Waals surface area (Å²) in [6, 6.07) is -0.122. The quantitative estimate of drug-likeness (QED) is 0.729. The van der Waals surface area contributed by atoms with Gasteiger partial charge in [-0.25, -0.2) is 0 Å². The fourth-order valence-electron chi connectivity index (χ4n) is 1.09. The largest absolute Gasteiger partial charge is 0.299 e. The topological polar surface area (TPSA) is 37.8 Å². The van der Waals surface area contributed by atoms with E-state index in [2.05, 4.69) is 28.1 Å². The molecule has 3 heteroatoms. The highest BCUT2D eigenvalue weighted by Crippen LogP contribution is 2.07. The predicted octanol–water partition coefficient (Wildman–Crippen LogP) is 1.46. The van der Waals surface area contributed by atoms with Crippen LogP contribution in [-0.4, -0.2) is 16.5 Å². The summed E-state index contributed by atoms with van der Waals surface area (Å²) in [6.07, 6.45) is 9.91. The lowest BCUT2D eigenvalue weighted by Crippen LogP contribution is -2.21. The number of aromatic nitrogens is 2. The van der Waals surface area contributed by atoms with Crippen molar-refractivity contribution in [1.82, 2.24) is 15.3 Å². The molecule has 0 aliphatic heterocycles. The van der Waals surface area contributed by atoms with Gasteiger partial charge in [0, 0.05) is 6.20 Å². The summed E-state index contributed by atoms with van der Waals surface area (Å²) in [6.45, 7) is 4.90. The summed E-state index contributed by atoms with van der Waals surface area (Å²) in [4.78, 5) is 8.39. The van der Waals surface area contributed by atoms with Crippen molar-refractivity contribution in [3.05, 3.63) is 23.8 Å². The molecule has 0 bridgehead atoms. The van der Waals surface area contributed by atoms with Gasteiger partial charge in [-0.15, -0.1) is 6.42 Å². The average molecular weight is 189 g/mol. The van der Waals surface area contributed by atoms with E-state index in [1.165, 1.54) is 0 Å². The van der Waals surface area contributed by atoms with Gasteiger partial charge in [0.1, 0.15) is 6.04 Å². The molecule has 14 heavy (non-hydrogen) atoms. The maximum absolute atomic E-state index is 5.40. The first kappa shape index (κ1) is 10.7. The summed E-state index contributed by atoms with van der Waals surface area (Å²) < 4.78 is 0. The number of nitrogens with one attached hydrogen (secondary N) is 1. The van der Waals surface area contributed by atoms with Crippen LogP contribution in [-0.2, 0) is 0 Å². The number of hydrogen-bond acceptors (Lipinski definition) is 3. The molecule has 0 aromatic carbocycles. The van der Waals surface area contributed by atoms with Gasteiger partial charge in [0.05, 0.1) is 17.6 Å². The van der Waals surface area contributed by atoms with Gasteiger partial charge in [0.25, 0.3) is 0 Å². The Labute approximate surface area is 85.0 Å². The summed E-state index contributed by atoms with van der Waals surface area (Å²) in [5.74, 6) is 2.66. The van der Waals surface area contributed by atoms with Crippen molar-refractivity contribution in [3.8, 4) is 12.3 Å². The molecule has 74 valence electrons. The molecule has 0 fully saturated rings. The third-order valence-electron chi connectivity index (χ3n) is 1.86. The number of hydrogen-bond donors (Lipinski definition) is 1. The second-order valence-electron chi connectivity index (χ2n) is 3.14. The molecular weight excluding hydrogens is 174 g/mol. The minimum atomic E-state index is -0.122. The lowest BCUT2D eigenvalue weighted by atomic mass is 10.2. The smallest absolute Gasteiger partial charge is 0.113 e. The molecule has 0 amide bonds. The second-order valence-corrected chi connectivity index (χ2v) is 3.14. The zero-order chi connectivity index (χ0) is 10.4. The fourth-order valence-corrected chi connectivity index (χ4v) is 1.09. The summed E-state index contributed by atoms with van der Waals surface area (Å²) in [5.41, 5.74) is 1.71. The van der Waals surface area contributed by atoms with Gasteiger partial charge in [-0.3, -0.25) is 15.3 Å². The van der Waals surface area contributed by atoms with Gasteiger partial charge >= 0.3 is 0 Å². The van der Waals surface area contributed by atoms with Crippen LogP contribution >= 0.6 is 0 Å². The second kappa shape index (κ2) is 5.36. The molecule has 1 N–H and O–H groups in total. The average Bonchev–Trinajstić information content (AvgIpc) is 2.21. The maximum atomic E-state index is 5.40. The van der Waals surface area contributed by atoms with Crippen LogP contribution in [0.4, 0.5) is 0 Å². The van der Waals surface area contributed by atoms with Gasteiger partial charge in [-0.2, -0.15) is 0 Å². The van der Waals surface area contributed by atoms with Crippen molar-refractivity contribution in [1.29, 1.82) is 0 Å². The highest BCUT2D eigenvalue weighted by atomic mass is 14.9. The van der Waals surface area contributed by atoms with Gasteiger partial charge in [0.2, 0.25) is 0 Å². The zero-order valence-corrected chi connectivity index (χ0v) is 8.62. The standard InChI is InChI=1S/C11H15N3/c1-4-6-12-10(5-2)11-8-13-9(3)7-14-11/h2,7-8,10,12H,4,6H2,1,3H3. The Kier molecular flexibility index (Phi) is 4.09. The van der Waals surface area contributed by atoms with Crippen molar-refractivity contribution in [2.24, 2.45) is 0 Å². The number of terminal acetylenes is 1. The Hall–Kier alpha value is -1.40. The van der Waals surface area contributed by atoms with Crippen LogP contribution in [0, 0.1) is 19.3 Å². The number of aryl methyl sites for hydroxylation is 1. The van der Waals surface area contributed by atoms with E-state index in [-0.39, 0.29) is 6.04 Å². The minimum Gasteiger partial charge on any atom is -0.299 e. The molecule has 0 aliphatic rings. The molecule has 1 heterocycles. The molecule has 0 saturated heterocycles. The van der Waals surface area contributed by atoms with Crippen molar-refractivity contribution in [2.75, 3.05) is 6.54 Å². The van der Waals surface area contributed by atoms with E-state index in [0.29, 0.717) is 0 Å². The van der Waals surface area contributed by atoms with Crippen molar-refractivity contribution >= 4 is 0 Å². The van der Waals surface area contributed by atoms with E-state index in [9.17, 15) is 0 Å². The fraction of sp³-hybridized carbons (Fsp3) is 0.455. The molecule has 0 radical (unpaired) electrons. The van der Waals surface area contributed by atoms with Crippen LogP contribution in [0.2, 0.25) is 0 Å². The Morgan fingerprint density at radius 1 is 1.50 bits per heavy atom. The normalized spacial score (nSPS) is 12.1. The minimum absolute atomic E-state index is 0.122. The first-order valence-electron chi connectivity index (χ1n) is 4.76. The van der Waals surface area contributed by atoms with Crippen molar-refractivity contribution in [3.63, 3.8) is 0 Å². The molecule has 0 aliphatic carbocycles. The van der Waals surface area contributed by atoms with Gasteiger partial charge < -0.3 is 0 Å².